The monoisotopic (exact) mass is 360 g/mol. The maximum Gasteiger partial charge on any atom is 0.152 e. The van der Waals surface area contributed by atoms with E-state index in [0.717, 1.165) is 59.3 Å². The highest BCUT2D eigenvalue weighted by Gasteiger charge is 2.17. The molecule has 5 heteroatoms. The number of nitrogen functional groups attached to an aromatic ring is 1. The quantitative estimate of drug-likeness (QED) is 0.547. The van der Waals surface area contributed by atoms with Crippen molar-refractivity contribution in [3.05, 3.63) is 59.9 Å². The number of aromatic nitrogens is 3. The Morgan fingerprint density at radius 3 is 2.74 bits per heavy atom. The van der Waals surface area contributed by atoms with Gasteiger partial charge in [-0.3, -0.25) is 0 Å². The third-order valence-electron chi connectivity index (χ3n) is 4.92. The first-order valence-electron chi connectivity index (χ1n) is 9.37. The molecular weight excluding hydrogens is 336 g/mol. The predicted octanol–water partition coefficient (Wildman–Crippen LogP) is 4.57. The molecule has 138 valence electrons. The number of aryl methyl sites for hydroxylation is 1. The second kappa shape index (κ2) is 7.27. The number of rotatable bonds is 6. The van der Waals surface area contributed by atoms with Crippen LogP contribution in [0.3, 0.4) is 0 Å². The number of unbranched alkanes of at least 4 members (excludes halogenated alkanes) is 1. The Labute approximate surface area is 158 Å². The number of hydrogen-bond acceptors (Lipinski definition) is 4. The summed E-state index contributed by atoms with van der Waals surface area (Å²) in [4.78, 5) is 9.44. The van der Waals surface area contributed by atoms with Crippen LogP contribution in [-0.2, 0) is 13.0 Å². The molecule has 0 saturated heterocycles. The standard InChI is InChI=1S/C22H24N4O/c1-3-4-12-19-25-20-21(17-10-5-6-11-18(17)24-22(20)23)26(19)14-15-8-7-9-16(13-15)27-2/h5-11,13H,3-4,12,14H2,1-2H3,(H2,23,24). The number of methoxy groups -OCH3 is 1. The Morgan fingerprint density at radius 2 is 1.93 bits per heavy atom. The number of pyridine rings is 1. The number of nitrogens with two attached hydrogens (primary N) is 1. The van der Waals surface area contributed by atoms with Crippen molar-refractivity contribution in [1.29, 1.82) is 0 Å². The van der Waals surface area contributed by atoms with Gasteiger partial charge in [-0.05, 0) is 30.2 Å². The number of para-hydroxylation sites is 1. The van der Waals surface area contributed by atoms with Gasteiger partial charge in [-0.25, -0.2) is 9.97 Å². The summed E-state index contributed by atoms with van der Waals surface area (Å²) in [6, 6.07) is 16.3. The van der Waals surface area contributed by atoms with Crippen molar-refractivity contribution in [3.8, 4) is 5.75 Å². The van der Waals surface area contributed by atoms with Crippen LogP contribution in [0, 0.1) is 0 Å². The average molecular weight is 360 g/mol. The van der Waals surface area contributed by atoms with Gasteiger partial charge in [-0.15, -0.1) is 0 Å². The van der Waals surface area contributed by atoms with Gasteiger partial charge in [0.2, 0.25) is 0 Å². The molecule has 0 aliphatic carbocycles. The minimum atomic E-state index is 0.492. The summed E-state index contributed by atoms with van der Waals surface area (Å²) < 4.78 is 7.68. The van der Waals surface area contributed by atoms with E-state index in [1.54, 1.807) is 7.11 Å². The highest BCUT2D eigenvalue weighted by molar-refractivity contribution is 6.06. The molecule has 2 N–H and O–H groups in total. The van der Waals surface area contributed by atoms with Gasteiger partial charge in [-0.2, -0.15) is 0 Å². The molecule has 0 atom stereocenters. The smallest absolute Gasteiger partial charge is 0.152 e. The summed E-state index contributed by atoms with van der Waals surface area (Å²) in [6.45, 7) is 2.92. The lowest BCUT2D eigenvalue weighted by Crippen LogP contribution is -2.06. The highest BCUT2D eigenvalue weighted by atomic mass is 16.5. The van der Waals surface area contributed by atoms with E-state index in [4.69, 9.17) is 15.5 Å². The summed E-state index contributed by atoms with van der Waals surface area (Å²) in [5.41, 5.74) is 10.2. The second-order valence-corrected chi connectivity index (χ2v) is 6.78. The first-order valence-corrected chi connectivity index (χ1v) is 9.37. The van der Waals surface area contributed by atoms with Gasteiger partial charge < -0.3 is 15.0 Å². The number of imidazole rings is 1. The molecule has 0 amide bonds. The molecule has 0 radical (unpaired) electrons. The average Bonchev–Trinajstić information content (AvgIpc) is 3.06. The minimum Gasteiger partial charge on any atom is -0.497 e. The Morgan fingerprint density at radius 1 is 1.07 bits per heavy atom. The minimum absolute atomic E-state index is 0.492. The van der Waals surface area contributed by atoms with Gasteiger partial charge in [0.1, 0.15) is 17.1 Å². The van der Waals surface area contributed by atoms with Crippen molar-refractivity contribution < 1.29 is 4.74 Å². The molecule has 2 heterocycles. The highest BCUT2D eigenvalue weighted by Crippen LogP contribution is 2.30. The van der Waals surface area contributed by atoms with Gasteiger partial charge in [0.05, 0.1) is 18.1 Å². The maximum absolute atomic E-state index is 6.27. The molecule has 2 aromatic heterocycles. The van der Waals surface area contributed by atoms with Crippen molar-refractivity contribution >= 4 is 27.8 Å². The molecule has 5 nitrogen and oxygen atoms in total. The van der Waals surface area contributed by atoms with Crippen molar-refractivity contribution in [2.24, 2.45) is 0 Å². The Bertz CT molecular complexity index is 1100. The molecular formula is C22H24N4O. The normalized spacial score (nSPS) is 11.3. The molecule has 2 aromatic carbocycles. The zero-order chi connectivity index (χ0) is 18.8. The fourth-order valence-electron chi connectivity index (χ4n) is 3.55. The first-order chi connectivity index (χ1) is 13.2. The lowest BCUT2D eigenvalue weighted by molar-refractivity contribution is 0.414. The summed E-state index contributed by atoms with van der Waals surface area (Å²) >= 11 is 0. The van der Waals surface area contributed by atoms with Crippen LogP contribution >= 0.6 is 0 Å². The molecule has 0 spiro atoms. The summed E-state index contributed by atoms with van der Waals surface area (Å²) in [6.07, 6.45) is 3.13. The second-order valence-electron chi connectivity index (χ2n) is 6.78. The molecule has 0 bridgehead atoms. The maximum atomic E-state index is 6.27. The molecule has 0 fully saturated rings. The van der Waals surface area contributed by atoms with E-state index in [1.165, 1.54) is 5.56 Å². The molecule has 0 unspecified atom stereocenters. The predicted molar refractivity (Wildman–Crippen MR) is 110 cm³/mol. The van der Waals surface area contributed by atoms with Crippen molar-refractivity contribution in [1.82, 2.24) is 14.5 Å². The number of fused-ring (bicyclic) bond motifs is 3. The van der Waals surface area contributed by atoms with Crippen LogP contribution in [0.2, 0.25) is 0 Å². The summed E-state index contributed by atoms with van der Waals surface area (Å²) in [7, 11) is 1.69. The largest absolute Gasteiger partial charge is 0.497 e. The third kappa shape index (κ3) is 3.21. The molecule has 0 aliphatic heterocycles. The Balaban J connectivity index is 1.94. The SMILES string of the molecule is CCCCc1nc2c(N)nc3ccccc3c2n1Cc1cccc(OC)c1. The van der Waals surface area contributed by atoms with Gasteiger partial charge in [0.15, 0.2) is 5.82 Å². The van der Waals surface area contributed by atoms with Crippen LogP contribution in [0.5, 0.6) is 5.75 Å². The molecule has 4 rings (SSSR count). The van der Waals surface area contributed by atoms with Gasteiger partial charge >= 0.3 is 0 Å². The Kier molecular flexibility index (Phi) is 4.67. The fraction of sp³-hybridized carbons (Fsp3) is 0.273. The van der Waals surface area contributed by atoms with E-state index in [1.807, 2.05) is 30.3 Å². The molecule has 27 heavy (non-hydrogen) atoms. The molecule has 0 aliphatic rings. The van der Waals surface area contributed by atoms with E-state index >= 15 is 0 Å². The number of ether oxygens (including phenoxy) is 1. The lowest BCUT2D eigenvalue weighted by Gasteiger charge is -2.12. The lowest BCUT2D eigenvalue weighted by atomic mass is 10.1. The van der Waals surface area contributed by atoms with E-state index in [-0.39, 0.29) is 0 Å². The van der Waals surface area contributed by atoms with Crippen LogP contribution in [0.1, 0.15) is 31.2 Å². The van der Waals surface area contributed by atoms with E-state index in [9.17, 15) is 0 Å². The topological polar surface area (TPSA) is 66.0 Å². The van der Waals surface area contributed by atoms with E-state index in [0.29, 0.717) is 5.82 Å². The van der Waals surface area contributed by atoms with Crippen LogP contribution in [0.25, 0.3) is 21.9 Å². The zero-order valence-electron chi connectivity index (χ0n) is 15.8. The zero-order valence-corrected chi connectivity index (χ0v) is 15.8. The van der Waals surface area contributed by atoms with E-state index in [2.05, 4.69) is 34.7 Å². The number of hydrogen-bond donors (Lipinski definition) is 1. The third-order valence-corrected chi connectivity index (χ3v) is 4.92. The fourth-order valence-corrected chi connectivity index (χ4v) is 3.55. The van der Waals surface area contributed by atoms with Crippen LogP contribution in [0.15, 0.2) is 48.5 Å². The number of nitrogens with zero attached hydrogens (tertiary/aromatic N) is 3. The number of anilines is 1. The number of benzene rings is 2. The Hall–Kier alpha value is -3.08. The molecule has 0 saturated carbocycles. The van der Waals surface area contributed by atoms with Crippen LogP contribution in [0.4, 0.5) is 5.82 Å². The van der Waals surface area contributed by atoms with Crippen molar-refractivity contribution in [2.75, 3.05) is 12.8 Å². The first kappa shape index (κ1) is 17.3. The van der Waals surface area contributed by atoms with Crippen LogP contribution in [-0.4, -0.2) is 21.6 Å². The summed E-state index contributed by atoms with van der Waals surface area (Å²) in [5.74, 6) is 2.41. The van der Waals surface area contributed by atoms with E-state index < -0.39 is 0 Å². The van der Waals surface area contributed by atoms with Crippen molar-refractivity contribution in [3.63, 3.8) is 0 Å². The van der Waals surface area contributed by atoms with Crippen molar-refractivity contribution in [2.45, 2.75) is 32.7 Å². The summed E-state index contributed by atoms with van der Waals surface area (Å²) in [5, 5.41) is 1.08. The van der Waals surface area contributed by atoms with Gasteiger partial charge in [0, 0.05) is 18.4 Å². The molecule has 4 aromatic rings. The van der Waals surface area contributed by atoms with Crippen LogP contribution < -0.4 is 10.5 Å². The van der Waals surface area contributed by atoms with Gasteiger partial charge in [-0.1, -0.05) is 43.7 Å². The van der Waals surface area contributed by atoms with Gasteiger partial charge in [0.25, 0.3) is 0 Å².